The van der Waals surface area contributed by atoms with Crippen molar-refractivity contribution in [1.82, 2.24) is 5.32 Å². The number of ether oxygens (including phenoxy) is 1. The first-order valence-corrected chi connectivity index (χ1v) is 4.78. The SMILES string of the molecule is COc1csc(CNCC(F)(F)F)c1. The average Bonchev–Trinajstić information content (AvgIpc) is 2.50. The van der Waals surface area contributed by atoms with E-state index in [-0.39, 0.29) is 6.54 Å². The van der Waals surface area contributed by atoms with Crippen molar-refractivity contribution < 1.29 is 17.9 Å². The number of thiophene rings is 1. The molecule has 1 rings (SSSR count). The first kappa shape index (κ1) is 11.3. The number of halogens is 3. The first-order chi connectivity index (χ1) is 6.51. The summed E-state index contributed by atoms with van der Waals surface area (Å²) in [5, 5.41) is 4.06. The number of nitrogens with one attached hydrogen (secondary N) is 1. The highest BCUT2D eigenvalue weighted by Crippen LogP contribution is 2.21. The van der Waals surface area contributed by atoms with Gasteiger partial charge in [0.1, 0.15) is 5.75 Å². The van der Waals surface area contributed by atoms with Gasteiger partial charge in [-0.05, 0) is 6.07 Å². The van der Waals surface area contributed by atoms with Crippen molar-refractivity contribution in [1.29, 1.82) is 0 Å². The minimum Gasteiger partial charge on any atom is -0.496 e. The Hall–Kier alpha value is -0.750. The van der Waals surface area contributed by atoms with Crippen LogP contribution in [-0.4, -0.2) is 19.8 Å². The molecule has 0 unspecified atom stereocenters. The summed E-state index contributed by atoms with van der Waals surface area (Å²) in [6, 6.07) is 1.72. The molecule has 14 heavy (non-hydrogen) atoms. The van der Waals surface area contributed by atoms with Gasteiger partial charge in [0.05, 0.1) is 13.7 Å². The Morgan fingerprint density at radius 2 is 2.21 bits per heavy atom. The number of hydrogen-bond acceptors (Lipinski definition) is 3. The van der Waals surface area contributed by atoms with E-state index in [1.165, 1.54) is 18.4 Å². The number of alkyl halides is 3. The fraction of sp³-hybridized carbons (Fsp3) is 0.500. The lowest BCUT2D eigenvalue weighted by molar-refractivity contribution is -0.125. The van der Waals surface area contributed by atoms with Crippen LogP contribution in [0.4, 0.5) is 13.2 Å². The minimum atomic E-state index is -4.15. The minimum absolute atomic E-state index is 0.216. The van der Waals surface area contributed by atoms with E-state index in [1.807, 2.05) is 0 Å². The van der Waals surface area contributed by atoms with Gasteiger partial charge in [0.15, 0.2) is 0 Å². The Labute approximate surface area is 83.7 Å². The molecule has 6 heteroatoms. The van der Waals surface area contributed by atoms with E-state index in [2.05, 4.69) is 5.32 Å². The van der Waals surface area contributed by atoms with Crippen molar-refractivity contribution in [3.63, 3.8) is 0 Å². The molecule has 1 aromatic rings. The normalized spacial score (nSPS) is 11.7. The molecule has 0 aliphatic carbocycles. The maximum atomic E-state index is 11.7. The van der Waals surface area contributed by atoms with Gasteiger partial charge >= 0.3 is 6.18 Å². The number of methoxy groups -OCH3 is 1. The third kappa shape index (κ3) is 3.97. The quantitative estimate of drug-likeness (QED) is 0.849. The second-order valence-electron chi connectivity index (χ2n) is 2.67. The van der Waals surface area contributed by atoms with Gasteiger partial charge in [-0.1, -0.05) is 0 Å². The monoisotopic (exact) mass is 225 g/mol. The molecule has 0 saturated carbocycles. The van der Waals surface area contributed by atoms with Gasteiger partial charge < -0.3 is 10.1 Å². The summed E-state index contributed by atoms with van der Waals surface area (Å²) in [5.74, 6) is 0.679. The van der Waals surface area contributed by atoms with Crippen LogP contribution >= 0.6 is 11.3 Å². The Balaban J connectivity index is 2.31. The standard InChI is InChI=1S/C8H10F3NOS/c1-13-6-2-7(14-4-6)3-12-5-8(9,10)11/h2,4,12H,3,5H2,1H3. The molecule has 0 spiro atoms. The van der Waals surface area contributed by atoms with E-state index in [9.17, 15) is 13.2 Å². The summed E-state index contributed by atoms with van der Waals surface area (Å²) in [7, 11) is 1.52. The molecule has 1 heterocycles. The second-order valence-corrected chi connectivity index (χ2v) is 3.67. The van der Waals surface area contributed by atoms with Crippen molar-refractivity contribution >= 4 is 11.3 Å². The van der Waals surface area contributed by atoms with Crippen LogP contribution in [-0.2, 0) is 6.54 Å². The zero-order valence-corrected chi connectivity index (χ0v) is 8.34. The Morgan fingerprint density at radius 1 is 1.50 bits per heavy atom. The zero-order chi connectivity index (χ0) is 10.6. The van der Waals surface area contributed by atoms with Crippen molar-refractivity contribution in [2.24, 2.45) is 0 Å². The predicted molar refractivity (Wildman–Crippen MR) is 48.6 cm³/mol. The summed E-state index contributed by atoms with van der Waals surface area (Å²) < 4.78 is 40.1. The molecule has 0 aromatic carbocycles. The molecule has 0 saturated heterocycles. The second kappa shape index (κ2) is 4.65. The van der Waals surface area contributed by atoms with Crippen LogP contribution in [0.2, 0.25) is 0 Å². The van der Waals surface area contributed by atoms with Gasteiger partial charge in [-0.3, -0.25) is 0 Å². The van der Waals surface area contributed by atoms with Crippen LogP contribution < -0.4 is 10.1 Å². The van der Waals surface area contributed by atoms with Gasteiger partial charge in [0, 0.05) is 16.8 Å². The number of rotatable bonds is 4. The van der Waals surface area contributed by atoms with Crippen molar-refractivity contribution in [2.45, 2.75) is 12.7 Å². The van der Waals surface area contributed by atoms with Gasteiger partial charge in [-0.15, -0.1) is 11.3 Å². The van der Waals surface area contributed by atoms with Gasteiger partial charge in [0.25, 0.3) is 0 Å². The fourth-order valence-corrected chi connectivity index (χ4v) is 1.69. The molecule has 0 aliphatic heterocycles. The molecular weight excluding hydrogens is 215 g/mol. The highest BCUT2D eigenvalue weighted by Gasteiger charge is 2.26. The van der Waals surface area contributed by atoms with Crippen LogP contribution in [0.5, 0.6) is 5.75 Å². The Kier molecular flexibility index (Phi) is 3.77. The third-order valence-corrected chi connectivity index (χ3v) is 2.41. The van der Waals surface area contributed by atoms with Crippen LogP contribution in [0, 0.1) is 0 Å². The molecule has 0 atom stereocenters. The van der Waals surface area contributed by atoms with E-state index in [0.29, 0.717) is 5.75 Å². The summed E-state index contributed by atoms with van der Waals surface area (Å²) in [5.41, 5.74) is 0. The van der Waals surface area contributed by atoms with E-state index < -0.39 is 12.7 Å². The highest BCUT2D eigenvalue weighted by atomic mass is 32.1. The van der Waals surface area contributed by atoms with Gasteiger partial charge in [-0.25, -0.2) is 0 Å². The lowest BCUT2D eigenvalue weighted by Gasteiger charge is -2.06. The van der Waals surface area contributed by atoms with Crippen LogP contribution in [0.15, 0.2) is 11.4 Å². The van der Waals surface area contributed by atoms with E-state index in [0.717, 1.165) is 4.88 Å². The van der Waals surface area contributed by atoms with Crippen molar-refractivity contribution in [2.75, 3.05) is 13.7 Å². The van der Waals surface area contributed by atoms with Crippen LogP contribution in [0.1, 0.15) is 4.88 Å². The van der Waals surface area contributed by atoms with E-state index in [1.54, 1.807) is 11.4 Å². The molecule has 1 N–H and O–H groups in total. The summed E-state index contributed by atoms with van der Waals surface area (Å²) >= 11 is 1.37. The lowest BCUT2D eigenvalue weighted by atomic mass is 10.4. The molecule has 0 amide bonds. The molecule has 0 fully saturated rings. The van der Waals surface area contributed by atoms with Crippen molar-refractivity contribution in [3.8, 4) is 5.75 Å². The topological polar surface area (TPSA) is 21.3 Å². The van der Waals surface area contributed by atoms with Crippen LogP contribution in [0.3, 0.4) is 0 Å². The summed E-state index contributed by atoms with van der Waals surface area (Å²) in [6.45, 7) is -0.749. The fourth-order valence-electron chi connectivity index (χ4n) is 0.888. The van der Waals surface area contributed by atoms with Gasteiger partial charge in [-0.2, -0.15) is 13.2 Å². The number of hydrogen-bond donors (Lipinski definition) is 1. The third-order valence-electron chi connectivity index (χ3n) is 1.49. The zero-order valence-electron chi connectivity index (χ0n) is 7.52. The largest absolute Gasteiger partial charge is 0.496 e. The lowest BCUT2D eigenvalue weighted by Crippen LogP contribution is -2.27. The molecule has 0 radical (unpaired) electrons. The van der Waals surface area contributed by atoms with Crippen LogP contribution in [0.25, 0.3) is 0 Å². The average molecular weight is 225 g/mol. The van der Waals surface area contributed by atoms with Gasteiger partial charge in [0.2, 0.25) is 0 Å². The van der Waals surface area contributed by atoms with E-state index in [4.69, 9.17) is 4.74 Å². The summed E-state index contributed by atoms with van der Waals surface area (Å²) in [6.07, 6.45) is -4.15. The molecule has 2 nitrogen and oxygen atoms in total. The maximum absolute atomic E-state index is 11.7. The molecular formula is C8H10F3NOS. The predicted octanol–water partition coefficient (Wildman–Crippen LogP) is 2.41. The Morgan fingerprint density at radius 3 is 2.71 bits per heavy atom. The van der Waals surface area contributed by atoms with Crippen molar-refractivity contribution in [3.05, 3.63) is 16.3 Å². The smallest absolute Gasteiger partial charge is 0.401 e. The molecule has 0 bridgehead atoms. The summed E-state index contributed by atoms with van der Waals surface area (Å²) in [4.78, 5) is 0.825. The molecule has 0 aliphatic rings. The first-order valence-electron chi connectivity index (χ1n) is 3.90. The Bertz CT molecular complexity index is 284. The molecule has 1 aromatic heterocycles. The molecule has 80 valence electrons. The highest BCUT2D eigenvalue weighted by molar-refractivity contribution is 7.10. The maximum Gasteiger partial charge on any atom is 0.401 e. The van der Waals surface area contributed by atoms with E-state index >= 15 is 0 Å².